The van der Waals surface area contributed by atoms with Crippen molar-refractivity contribution in [1.29, 1.82) is 0 Å². The largest absolute Gasteiger partial charge is 0.398 e. The van der Waals surface area contributed by atoms with Gasteiger partial charge in [0.05, 0.1) is 27.8 Å². The molecule has 2 heterocycles. The Morgan fingerprint density at radius 2 is 2.11 bits per heavy atom. The first-order valence-corrected chi connectivity index (χ1v) is 5.87. The first-order chi connectivity index (χ1) is 8.68. The molecule has 0 aliphatic rings. The number of nitrogens with two attached hydrogens (primary N) is 1. The zero-order valence-electron chi connectivity index (χ0n) is 9.76. The van der Waals surface area contributed by atoms with Crippen LogP contribution in [0.25, 0.3) is 22.4 Å². The highest BCUT2D eigenvalue weighted by molar-refractivity contribution is 6.33. The van der Waals surface area contributed by atoms with E-state index in [0.29, 0.717) is 10.7 Å². The summed E-state index contributed by atoms with van der Waals surface area (Å²) in [5.41, 5.74) is 9.20. The van der Waals surface area contributed by atoms with Crippen molar-refractivity contribution in [3.05, 3.63) is 41.7 Å². The number of nitrogens with zero attached hydrogens (tertiary/aromatic N) is 3. The van der Waals surface area contributed by atoms with Crippen LogP contribution in [0.15, 0.2) is 36.7 Å². The van der Waals surface area contributed by atoms with E-state index in [2.05, 4.69) is 9.97 Å². The number of anilines is 1. The molecule has 90 valence electrons. The first kappa shape index (κ1) is 11.0. The lowest BCUT2D eigenvalue weighted by atomic mass is 10.1. The molecule has 2 N–H and O–H groups in total. The predicted octanol–water partition coefficient (Wildman–Crippen LogP) is 2.87. The molecule has 3 rings (SSSR count). The van der Waals surface area contributed by atoms with Crippen LogP contribution in [0.5, 0.6) is 0 Å². The molecule has 3 aromatic rings. The third-order valence-electron chi connectivity index (χ3n) is 2.95. The molecule has 0 amide bonds. The number of aryl methyl sites for hydroxylation is 1. The molecule has 0 aliphatic carbocycles. The minimum Gasteiger partial charge on any atom is -0.398 e. The molecule has 0 bridgehead atoms. The van der Waals surface area contributed by atoms with Crippen molar-refractivity contribution in [2.24, 2.45) is 7.05 Å². The number of imidazole rings is 1. The highest BCUT2D eigenvalue weighted by Gasteiger charge is 2.15. The van der Waals surface area contributed by atoms with Crippen LogP contribution in [-0.2, 0) is 7.05 Å². The summed E-state index contributed by atoms with van der Waals surface area (Å²) in [4.78, 5) is 8.66. The van der Waals surface area contributed by atoms with Crippen molar-refractivity contribution in [1.82, 2.24) is 14.5 Å². The molecule has 0 spiro atoms. The van der Waals surface area contributed by atoms with E-state index in [1.807, 2.05) is 35.9 Å². The maximum atomic E-state index is 6.21. The van der Waals surface area contributed by atoms with Crippen LogP contribution in [0.2, 0.25) is 5.02 Å². The van der Waals surface area contributed by atoms with Gasteiger partial charge in [-0.25, -0.2) is 4.98 Å². The van der Waals surface area contributed by atoms with Gasteiger partial charge in [-0.3, -0.25) is 4.98 Å². The Morgan fingerprint density at radius 3 is 2.83 bits per heavy atom. The molecule has 4 nitrogen and oxygen atoms in total. The number of halogens is 1. The number of rotatable bonds is 1. The first-order valence-electron chi connectivity index (χ1n) is 5.49. The minimum absolute atomic E-state index is 0.598. The molecule has 0 atom stereocenters. The van der Waals surface area contributed by atoms with Crippen LogP contribution < -0.4 is 5.73 Å². The van der Waals surface area contributed by atoms with E-state index < -0.39 is 0 Å². The zero-order valence-corrected chi connectivity index (χ0v) is 10.5. The highest BCUT2D eigenvalue weighted by atomic mass is 35.5. The van der Waals surface area contributed by atoms with Gasteiger partial charge in [0, 0.05) is 18.9 Å². The van der Waals surface area contributed by atoms with Gasteiger partial charge in [0.25, 0.3) is 0 Å². The summed E-state index contributed by atoms with van der Waals surface area (Å²) >= 11 is 6.21. The Kier molecular flexibility index (Phi) is 2.45. The summed E-state index contributed by atoms with van der Waals surface area (Å²) in [5.74, 6) is 0.751. The van der Waals surface area contributed by atoms with E-state index in [1.54, 1.807) is 12.4 Å². The van der Waals surface area contributed by atoms with Gasteiger partial charge in [0.1, 0.15) is 5.82 Å². The summed E-state index contributed by atoms with van der Waals surface area (Å²) in [5, 5.41) is 0.598. The fourth-order valence-electron chi connectivity index (χ4n) is 2.04. The summed E-state index contributed by atoms with van der Waals surface area (Å²) in [6.45, 7) is 0. The van der Waals surface area contributed by atoms with Crippen molar-refractivity contribution < 1.29 is 0 Å². The predicted molar refractivity (Wildman–Crippen MR) is 73.4 cm³/mol. The third-order valence-corrected chi connectivity index (χ3v) is 3.27. The van der Waals surface area contributed by atoms with Gasteiger partial charge in [-0.1, -0.05) is 17.7 Å². The lowest BCUT2D eigenvalue weighted by Gasteiger charge is -2.07. The summed E-state index contributed by atoms with van der Waals surface area (Å²) in [7, 11) is 1.93. The van der Waals surface area contributed by atoms with Crippen molar-refractivity contribution in [3.63, 3.8) is 0 Å². The normalized spacial score (nSPS) is 11.0. The molecule has 0 aliphatic heterocycles. The average Bonchev–Trinajstić information content (AvgIpc) is 2.68. The minimum atomic E-state index is 0.598. The topological polar surface area (TPSA) is 56.7 Å². The van der Waals surface area contributed by atoms with Crippen molar-refractivity contribution in [2.75, 3.05) is 5.73 Å². The third kappa shape index (κ3) is 1.54. The van der Waals surface area contributed by atoms with E-state index in [9.17, 15) is 0 Å². The van der Waals surface area contributed by atoms with Crippen LogP contribution >= 0.6 is 11.6 Å². The van der Waals surface area contributed by atoms with Crippen molar-refractivity contribution in [2.45, 2.75) is 0 Å². The molecule has 1 aromatic carbocycles. The Balaban J connectivity index is 2.36. The molecule has 2 aromatic heterocycles. The van der Waals surface area contributed by atoms with Gasteiger partial charge >= 0.3 is 0 Å². The number of aromatic nitrogens is 3. The average molecular weight is 259 g/mol. The molecule has 5 heteroatoms. The number of pyridine rings is 1. The molecule has 0 radical (unpaired) electrons. The van der Waals surface area contributed by atoms with Gasteiger partial charge in [0.2, 0.25) is 0 Å². The maximum Gasteiger partial charge on any atom is 0.144 e. The van der Waals surface area contributed by atoms with Gasteiger partial charge < -0.3 is 10.3 Å². The Morgan fingerprint density at radius 1 is 1.28 bits per heavy atom. The van der Waals surface area contributed by atoms with E-state index >= 15 is 0 Å². The van der Waals surface area contributed by atoms with E-state index in [4.69, 9.17) is 17.3 Å². The zero-order chi connectivity index (χ0) is 12.7. The number of nitrogen functional groups attached to an aromatic ring is 1. The number of fused-ring (bicyclic) bond motifs is 1. The molecular formula is C13H11ClN4. The monoisotopic (exact) mass is 258 g/mol. The van der Waals surface area contributed by atoms with Crippen LogP contribution in [0.4, 0.5) is 5.69 Å². The Labute approximate surface area is 109 Å². The van der Waals surface area contributed by atoms with Crippen LogP contribution in [0.1, 0.15) is 0 Å². The summed E-state index contributed by atoms with van der Waals surface area (Å²) in [6, 6.07) is 7.32. The lowest BCUT2D eigenvalue weighted by molar-refractivity contribution is 0.957. The highest BCUT2D eigenvalue weighted by Crippen LogP contribution is 2.33. The second-order valence-corrected chi connectivity index (χ2v) is 4.47. The fourth-order valence-corrected chi connectivity index (χ4v) is 2.30. The lowest BCUT2D eigenvalue weighted by Crippen LogP contribution is -1.97. The second-order valence-electron chi connectivity index (χ2n) is 4.06. The van der Waals surface area contributed by atoms with E-state index in [1.165, 1.54) is 0 Å². The quantitative estimate of drug-likeness (QED) is 0.683. The van der Waals surface area contributed by atoms with E-state index in [-0.39, 0.29) is 0 Å². The van der Waals surface area contributed by atoms with E-state index in [0.717, 1.165) is 22.4 Å². The Bertz CT molecular complexity index is 713. The molecule has 0 saturated carbocycles. The molecule has 0 unspecified atom stereocenters. The summed E-state index contributed by atoms with van der Waals surface area (Å²) in [6.07, 6.45) is 3.49. The number of hydrogen-bond acceptors (Lipinski definition) is 3. The molecule has 18 heavy (non-hydrogen) atoms. The van der Waals surface area contributed by atoms with Crippen molar-refractivity contribution in [3.8, 4) is 11.4 Å². The van der Waals surface area contributed by atoms with Gasteiger partial charge in [-0.15, -0.1) is 0 Å². The fraction of sp³-hybridized carbons (Fsp3) is 0.0769. The smallest absolute Gasteiger partial charge is 0.144 e. The van der Waals surface area contributed by atoms with Gasteiger partial charge in [-0.05, 0) is 18.2 Å². The van der Waals surface area contributed by atoms with Crippen molar-refractivity contribution >= 4 is 28.3 Å². The van der Waals surface area contributed by atoms with Gasteiger partial charge in [-0.2, -0.15) is 0 Å². The molecule has 0 fully saturated rings. The maximum absolute atomic E-state index is 6.21. The molecule has 0 saturated heterocycles. The Hall–Kier alpha value is -2.07. The summed E-state index contributed by atoms with van der Waals surface area (Å²) < 4.78 is 1.94. The SMILES string of the molecule is Cn1c(-c2c(N)cccc2Cl)nc2ccncc21. The standard InChI is InChI=1S/C13H11ClN4/c1-18-11-7-16-6-5-10(11)17-13(18)12-8(14)3-2-4-9(12)15/h2-7H,15H2,1H3. The van der Waals surface area contributed by atoms with Crippen LogP contribution in [0.3, 0.4) is 0 Å². The second kappa shape index (κ2) is 3.99. The molecular weight excluding hydrogens is 248 g/mol. The van der Waals surface area contributed by atoms with Gasteiger partial charge in [0.15, 0.2) is 0 Å². The van der Waals surface area contributed by atoms with Crippen LogP contribution in [0, 0.1) is 0 Å². The van der Waals surface area contributed by atoms with Crippen LogP contribution in [-0.4, -0.2) is 14.5 Å². The number of hydrogen-bond donors (Lipinski definition) is 1. The number of benzene rings is 1.